The van der Waals surface area contributed by atoms with Crippen molar-refractivity contribution in [2.45, 2.75) is 70.2 Å². The van der Waals surface area contributed by atoms with Gasteiger partial charge in [-0.05, 0) is 106 Å². The summed E-state index contributed by atoms with van der Waals surface area (Å²) in [7, 11) is 7.94. The summed E-state index contributed by atoms with van der Waals surface area (Å²) in [6, 6.07) is 25.5. The zero-order chi connectivity index (χ0) is 40.5. The van der Waals surface area contributed by atoms with E-state index in [4.69, 9.17) is 15.0 Å². The van der Waals surface area contributed by atoms with Gasteiger partial charge < -0.3 is 20.2 Å². The maximum atomic E-state index is 10.9. The minimum atomic E-state index is -0.666. The van der Waals surface area contributed by atoms with Gasteiger partial charge in [0.2, 0.25) is 0 Å². The van der Waals surface area contributed by atoms with E-state index in [1.807, 2.05) is 44.4 Å². The zero-order valence-corrected chi connectivity index (χ0v) is 34.6. The standard InChI is InChI=1S/C49H55N7O/c1-10-33(28-50-6)40-21-23-43(52-32(40)3)38-18-13-16-36(26-38)42-31-56(9)48(4,5)49(42)27-39(29-51-49)41-22-24-44(53-47(41)54-45-19-14-20-46(45)57)37-17-12-15-35(25-37)34(11-2)30-55(7)8/h10-13,15-18,21-31,45-46,57H,2,14,19-20H2,1,3-9H3,(H,53,54)/b33-10+,34-30+,50-28?. The Balaban J connectivity index is 1.28. The lowest BCUT2D eigenvalue weighted by Crippen LogP contribution is -2.51. The number of allylic oxidation sites excluding steroid dienone is 5. The summed E-state index contributed by atoms with van der Waals surface area (Å²) in [6.45, 7) is 12.6. The fourth-order valence-corrected chi connectivity index (χ4v) is 8.39. The molecular weight excluding hydrogens is 703 g/mol. The summed E-state index contributed by atoms with van der Waals surface area (Å²) < 4.78 is 0. The number of likely N-dealkylation sites (N-methyl/N-ethyl adjacent to an activating group) is 1. The predicted molar refractivity (Wildman–Crippen MR) is 240 cm³/mol. The molecular formula is C49H55N7O. The molecule has 0 saturated heterocycles. The van der Waals surface area contributed by atoms with E-state index in [0.717, 1.165) is 97.8 Å². The molecule has 7 rings (SSSR count). The summed E-state index contributed by atoms with van der Waals surface area (Å²) in [5, 5.41) is 14.6. The van der Waals surface area contributed by atoms with Gasteiger partial charge >= 0.3 is 0 Å². The SMILES string of the molecule is C=C/C(=C\N(C)C)c1cccc(-c2ccc(C3=CC4(N=C3)C(c3cccc(-c5ccc(/C(C=NC)=C/C)c(C)n5)c3)=CN(C)C4(C)C)c(NC3CCCC3O)n2)c1. The lowest BCUT2D eigenvalue weighted by Gasteiger charge is -2.41. The van der Waals surface area contributed by atoms with E-state index in [-0.39, 0.29) is 11.6 Å². The molecule has 2 aliphatic heterocycles. The Labute approximate surface area is 338 Å². The molecule has 3 unspecified atom stereocenters. The van der Waals surface area contributed by atoms with Crippen LogP contribution in [0.3, 0.4) is 0 Å². The Bertz CT molecular complexity index is 2380. The van der Waals surface area contributed by atoms with Crippen LogP contribution in [-0.4, -0.2) is 88.7 Å². The summed E-state index contributed by atoms with van der Waals surface area (Å²) in [4.78, 5) is 24.3. The van der Waals surface area contributed by atoms with Crippen LogP contribution in [0.5, 0.6) is 0 Å². The topological polar surface area (TPSA) is 89.2 Å². The molecule has 8 heteroatoms. The number of aliphatic hydroxyl groups is 1. The number of rotatable bonds is 11. The van der Waals surface area contributed by atoms with Gasteiger partial charge in [-0.25, -0.2) is 4.98 Å². The van der Waals surface area contributed by atoms with Crippen LogP contribution in [0, 0.1) is 6.92 Å². The number of aromatic nitrogens is 2. The molecule has 1 fully saturated rings. The second kappa shape index (κ2) is 15.9. The molecule has 1 spiro atoms. The molecule has 0 bridgehead atoms. The first-order chi connectivity index (χ1) is 27.4. The first-order valence-electron chi connectivity index (χ1n) is 19.9. The Kier molecular flexibility index (Phi) is 11.0. The van der Waals surface area contributed by atoms with Crippen molar-refractivity contribution < 1.29 is 5.11 Å². The van der Waals surface area contributed by atoms with Gasteiger partial charge in [0.15, 0.2) is 0 Å². The third-order valence-corrected chi connectivity index (χ3v) is 11.9. The molecule has 4 aromatic rings. The second-order valence-corrected chi connectivity index (χ2v) is 16.1. The normalized spacial score (nSPS) is 21.7. The monoisotopic (exact) mass is 757 g/mol. The van der Waals surface area contributed by atoms with Gasteiger partial charge in [-0.15, -0.1) is 0 Å². The Morgan fingerprint density at radius 2 is 1.68 bits per heavy atom. The highest BCUT2D eigenvalue weighted by Crippen LogP contribution is 2.52. The van der Waals surface area contributed by atoms with Crippen molar-refractivity contribution in [3.8, 4) is 22.5 Å². The van der Waals surface area contributed by atoms with E-state index in [1.54, 1.807) is 7.05 Å². The number of benzene rings is 2. The summed E-state index contributed by atoms with van der Waals surface area (Å²) in [5.41, 5.74) is 12.2. The van der Waals surface area contributed by atoms with Crippen LogP contribution in [-0.2, 0) is 0 Å². The highest BCUT2D eigenvalue weighted by atomic mass is 16.3. The first-order valence-corrected chi connectivity index (χ1v) is 19.9. The van der Waals surface area contributed by atoms with Crippen molar-refractivity contribution in [3.05, 3.63) is 138 Å². The summed E-state index contributed by atoms with van der Waals surface area (Å²) >= 11 is 0. The van der Waals surface area contributed by atoms with Crippen LogP contribution in [0.4, 0.5) is 5.82 Å². The molecule has 1 aliphatic carbocycles. The largest absolute Gasteiger partial charge is 0.391 e. The van der Waals surface area contributed by atoms with E-state index < -0.39 is 11.6 Å². The Morgan fingerprint density at radius 3 is 2.37 bits per heavy atom. The number of aliphatic hydroxyl groups excluding tert-OH is 1. The highest BCUT2D eigenvalue weighted by molar-refractivity contribution is 6.16. The van der Waals surface area contributed by atoms with Crippen molar-refractivity contribution in [3.63, 3.8) is 0 Å². The maximum absolute atomic E-state index is 10.9. The molecule has 292 valence electrons. The van der Waals surface area contributed by atoms with Gasteiger partial charge in [0.25, 0.3) is 0 Å². The maximum Gasteiger partial charge on any atom is 0.134 e. The van der Waals surface area contributed by atoms with Crippen molar-refractivity contribution >= 4 is 40.5 Å². The van der Waals surface area contributed by atoms with E-state index in [0.29, 0.717) is 0 Å². The number of hydrogen-bond acceptors (Lipinski definition) is 8. The van der Waals surface area contributed by atoms with Gasteiger partial charge in [-0.1, -0.05) is 61.2 Å². The number of aryl methyl sites for hydroxylation is 1. The minimum Gasteiger partial charge on any atom is -0.391 e. The van der Waals surface area contributed by atoms with Crippen LogP contribution in [0.15, 0.2) is 120 Å². The van der Waals surface area contributed by atoms with Gasteiger partial charge in [-0.2, -0.15) is 0 Å². The molecule has 3 aliphatic rings. The number of hydrogen-bond donors (Lipinski definition) is 2. The molecule has 2 N–H and O–H groups in total. The predicted octanol–water partition coefficient (Wildman–Crippen LogP) is 9.61. The van der Waals surface area contributed by atoms with Crippen molar-refractivity contribution in [2.75, 3.05) is 33.5 Å². The Hall–Kier alpha value is -5.86. The lowest BCUT2D eigenvalue weighted by molar-refractivity contribution is 0.171. The van der Waals surface area contributed by atoms with Crippen molar-refractivity contribution in [1.82, 2.24) is 19.8 Å². The average Bonchev–Trinajstić information content (AvgIpc) is 3.89. The van der Waals surface area contributed by atoms with Gasteiger partial charge in [0.1, 0.15) is 11.4 Å². The van der Waals surface area contributed by atoms with Crippen LogP contribution >= 0.6 is 0 Å². The zero-order valence-electron chi connectivity index (χ0n) is 34.6. The van der Waals surface area contributed by atoms with Crippen LogP contribution < -0.4 is 5.32 Å². The summed E-state index contributed by atoms with van der Waals surface area (Å²) in [5.74, 6) is 0.749. The molecule has 0 amide bonds. The smallest absolute Gasteiger partial charge is 0.134 e. The van der Waals surface area contributed by atoms with E-state index in [9.17, 15) is 5.11 Å². The van der Waals surface area contributed by atoms with Crippen molar-refractivity contribution in [2.24, 2.45) is 9.98 Å². The van der Waals surface area contributed by atoms with Gasteiger partial charge in [-0.3, -0.25) is 15.0 Å². The molecule has 2 aromatic carbocycles. The number of anilines is 1. The van der Waals surface area contributed by atoms with Crippen LogP contribution in [0.1, 0.15) is 68.0 Å². The van der Waals surface area contributed by atoms with Gasteiger partial charge in [0, 0.05) is 92.1 Å². The molecule has 8 nitrogen and oxygen atoms in total. The molecule has 2 aromatic heterocycles. The summed E-state index contributed by atoms with van der Waals surface area (Å²) in [6.07, 6.45) is 16.7. The lowest BCUT2D eigenvalue weighted by atomic mass is 9.74. The van der Waals surface area contributed by atoms with E-state index in [2.05, 4.69) is 147 Å². The third kappa shape index (κ3) is 7.42. The fraction of sp³-hybridized carbons (Fsp3) is 0.306. The fourth-order valence-electron chi connectivity index (χ4n) is 8.39. The van der Waals surface area contributed by atoms with Crippen LogP contribution in [0.25, 0.3) is 44.8 Å². The van der Waals surface area contributed by atoms with Crippen LogP contribution in [0.2, 0.25) is 0 Å². The third-order valence-electron chi connectivity index (χ3n) is 11.9. The minimum absolute atomic E-state index is 0.0796. The number of aliphatic imine (C=N–C) groups is 2. The van der Waals surface area contributed by atoms with Crippen molar-refractivity contribution in [1.29, 1.82) is 0 Å². The molecule has 3 atom stereocenters. The highest BCUT2D eigenvalue weighted by Gasteiger charge is 2.54. The number of pyridine rings is 2. The quantitative estimate of drug-likeness (QED) is 0.117. The molecule has 0 radical (unpaired) electrons. The number of nitrogens with one attached hydrogen (secondary N) is 1. The van der Waals surface area contributed by atoms with E-state index in [1.165, 1.54) is 0 Å². The average molecular weight is 758 g/mol. The molecule has 57 heavy (non-hydrogen) atoms. The first kappa shape index (κ1) is 39.4. The molecule has 1 saturated carbocycles. The second-order valence-electron chi connectivity index (χ2n) is 16.1. The number of nitrogens with zero attached hydrogens (tertiary/aromatic N) is 6. The molecule has 4 heterocycles. The van der Waals surface area contributed by atoms with E-state index >= 15 is 0 Å². The Morgan fingerprint density at radius 1 is 0.965 bits per heavy atom. The van der Waals surface area contributed by atoms with Gasteiger partial charge in [0.05, 0.1) is 29.1 Å².